The van der Waals surface area contributed by atoms with Gasteiger partial charge in [0, 0.05) is 27.1 Å². The Hall–Kier alpha value is -2.58. The van der Waals surface area contributed by atoms with Crippen molar-refractivity contribution in [2.75, 3.05) is 0 Å². The van der Waals surface area contributed by atoms with Gasteiger partial charge in [-0.2, -0.15) is 14.9 Å². The second-order valence-electron chi connectivity index (χ2n) is 5.32. The number of halogens is 2. The zero-order valence-corrected chi connectivity index (χ0v) is 15.1. The number of H-pyrrole nitrogens is 2. The summed E-state index contributed by atoms with van der Waals surface area (Å²) in [7, 11) is 0. The van der Waals surface area contributed by atoms with Crippen LogP contribution >= 0.6 is 28.1 Å². The van der Waals surface area contributed by atoms with Crippen LogP contribution in [0.4, 0.5) is 4.39 Å². The van der Waals surface area contributed by atoms with Gasteiger partial charge in [-0.25, -0.2) is 9.49 Å². The minimum atomic E-state index is -0.385. The highest BCUT2D eigenvalue weighted by molar-refractivity contribution is 9.10. The highest BCUT2D eigenvalue weighted by Gasteiger charge is 2.12. The fourth-order valence-electron chi connectivity index (χ4n) is 2.56. The van der Waals surface area contributed by atoms with Crippen molar-refractivity contribution in [2.45, 2.75) is 0 Å². The summed E-state index contributed by atoms with van der Waals surface area (Å²) in [5.41, 5.74) is 2.21. The molecule has 0 aliphatic heterocycles. The van der Waals surface area contributed by atoms with Gasteiger partial charge >= 0.3 is 0 Å². The summed E-state index contributed by atoms with van der Waals surface area (Å²) in [6.07, 6.45) is 3.52. The molecule has 124 valence electrons. The largest absolute Gasteiger partial charge is 0.361 e. The van der Waals surface area contributed by atoms with Crippen molar-refractivity contribution in [3.8, 4) is 11.4 Å². The van der Waals surface area contributed by atoms with Gasteiger partial charge in [0.15, 0.2) is 5.82 Å². The molecule has 2 heterocycles. The van der Waals surface area contributed by atoms with Crippen molar-refractivity contribution in [3.63, 3.8) is 0 Å². The van der Waals surface area contributed by atoms with Crippen LogP contribution in [0.25, 0.3) is 22.3 Å². The lowest BCUT2D eigenvalue weighted by Crippen LogP contribution is -1.96. The average molecular weight is 416 g/mol. The quantitative estimate of drug-likeness (QED) is 0.370. The van der Waals surface area contributed by atoms with Gasteiger partial charge in [-0.15, -0.1) is 0 Å². The molecule has 0 spiro atoms. The van der Waals surface area contributed by atoms with E-state index in [2.05, 4.69) is 36.2 Å². The summed E-state index contributed by atoms with van der Waals surface area (Å²) in [4.78, 5) is 3.18. The Morgan fingerprint density at radius 3 is 2.92 bits per heavy atom. The predicted molar refractivity (Wildman–Crippen MR) is 102 cm³/mol. The average Bonchev–Trinajstić information content (AvgIpc) is 3.17. The molecule has 2 aromatic heterocycles. The molecule has 0 radical (unpaired) electrons. The second-order valence-corrected chi connectivity index (χ2v) is 6.62. The first-order chi connectivity index (χ1) is 12.1. The number of aromatic amines is 2. The Kier molecular flexibility index (Phi) is 4.06. The molecule has 0 atom stereocenters. The van der Waals surface area contributed by atoms with Crippen LogP contribution in [-0.4, -0.2) is 26.1 Å². The lowest BCUT2D eigenvalue weighted by molar-refractivity contribution is 0.628. The number of hydrogen-bond acceptors (Lipinski definition) is 3. The molecule has 0 amide bonds. The number of aromatic nitrogens is 4. The highest BCUT2D eigenvalue weighted by atomic mass is 79.9. The topological polar surface area (TPSA) is 61.8 Å². The van der Waals surface area contributed by atoms with Crippen molar-refractivity contribution in [3.05, 3.63) is 69.3 Å². The molecule has 0 bridgehead atoms. The first-order valence-electron chi connectivity index (χ1n) is 7.37. The van der Waals surface area contributed by atoms with Crippen LogP contribution in [-0.2, 0) is 0 Å². The molecule has 25 heavy (non-hydrogen) atoms. The van der Waals surface area contributed by atoms with Gasteiger partial charge in [-0.1, -0.05) is 28.1 Å². The number of fused-ring (bicyclic) bond motifs is 1. The van der Waals surface area contributed by atoms with E-state index in [0.29, 0.717) is 11.4 Å². The van der Waals surface area contributed by atoms with E-state index in [-0.39, 0.29) is 10.6 Å². The number of hydrogen-bond donors (Lipinski definition) is 2. The van der Waals surface area contributed by atoms with Gasteiger partial charge in [0.25, 0.3) is 0 Å². The molecule has 0 aliphatic rings. The third-order valence-electron chi connectivity index (χ3n) is 3.75. The van der Waals surface area contributed by atoms with Gasteiger partial charge in [0.05, 0.1) is 11.8 Å². The molecule has 4 rings (SSSR count). The second kappa shape index (κ2) is 6.38. The Labute approximate surface area is 155 Å². The lowest BCUT2D eigenvalue weighted by atomic mass is 10.2. The van der Waals surface area contributed by atoms with Crippen LogP contribution < -0.4 is 0 Å². The summed E-state index contributed by atoms with van der Waals surface area (Å²) in [5, 5.41) is 12.2. The minimum Gasteiger partial charge on any atom is -0.361 e. The van der Waals surface area contributed by atoms with Crippen LogP contribution in [0.5, 0.6) is 0 Å². The molecule has 0 fully saturated rings. The molecular weight excluding hydrogens is 405 g/mol. The molecule has 0 unspecified atom stereocenters. The van der Waals surface area contributed by atoms with E-state index in [1.54, 1.807) is 24.4 Å². The van der Waals surface area contributed by atoms with Crippen molar-refractivity contribution in [1.82, 2.24) is 19.9 Å². The summed E-state index contributed by atoms with van der Waals surface area (Å²) in [6.45, 7) is 0. The summed E-state index contributed by atoms with van der Waals surface area (Å²) >= 11 is 8.69. The van der Waals surface area contributed by atoms with Gasteiger partial charge < -0.3 is 4.98 Å². The predicted octanol–water partition coefficient (Wildman–Crippen LogP) is 4.87. The third-order valence-corrected chi connectivity index (χ3v) is 4.51. The molecule has 4 aromatic rings. The van der Waals surface area contributed by atoms with E-state index in [1.807, 2.05) is 24.4 Å². The van der Waals surface area contributed by atoms with E-state index in [0.717, 1.165) is 20.9 Å². The first-order valence-corrected chi connectivity index (χ1v) is 8.57. The minimum absolute atomic E-state index is 0.288. The normalized spacial score (nSPS) is 11.6. The molecule has 2 aromatic carbocycles. The Bertz CT molecular complexity index is 1160. The number of nitrogens with one attached hydrogen (secondary N) is 2. The van der Waals surface area contributed by atoms with E-state index in [4.69, 9.17) is 12.2 Å². The van der Waals surface area contributed by atoms with Crippen LogP contribution in [0.2, 0.25) is 0 Å². The molecule has 5 nitrogen and oxygen atoms in total. The molecule has 2 N–H and O–H groups in total. The Morgan fingerprint density at radius 1 is 1.24 bits per heavy atom. The van der Waals surface area contributed by atoms with Crippen LogP contribution in [0.3, 0.4) is 0 Å². The highest BCUT2D eigenvalue weighted by Crippen LogP contribution is 2.23. The van der Waals surface area contributed by atoms with Crippen molar-refractivity contribution in [1.29, 1.82) is 0 Å². The van der Waals surface area contributed by atoms with Crippen LogP contribution in [0.1, 0.15) is 5.56 Å². The third kappa shape index (κ3) is 2.94. The van der Waals surface area contributed by atoms with E-state index < -0.39 is 0 Å². The fraction of sp³-hybridized carbons (Fsp3) is 0. The zero-order chi connectivity index (χ0) is 17.4. The standard InChI is InChI=1S/C17H11BrFN5S/c18-11-5-6-15-13(7-11)10(8-20-15)9-21-24-16(22-23-17(24)25)12-3-1-2-4-14(12)19/h1-9,20H,(H,23,25). The maximum absolute atomic E-state index is 14.1. The molecule has 0 saturated carbocycles. The maximum atomic E-state index is 14.1. The van der Waals surface area contributed by atoms with E-state index in [1.165, 1.54) is 10.7 Å². The summed E-state index contributed by atoms with van der Waals surface area (Å²) in [6, 6.07) is 12.3. The first kappa shape index (κ1) is 15.9. The smallest absolute Gasteiger partial charge is 0.216 e. The van der Waals surface area contributed by atoms with E-state index >= 15 is 0 Å². The monoisotopic (exact) mass is 415 g/mol. The number of rotatable bonds is 3. The van der Waals surface area contributed by atoms with Crippen molar-refractivity contribution >= 4 is 45.3 Å². The number of benzene rings is 2. The van der Waals surface area contributed by atoms with Gasteiger partial charge in [0.1, 0.15) is 5.82 Å². The van der Waals surface area contributed by atoms with Crippen LogP contribution in [0, 0.1) is 10.6 Å². The molecule has 8 heteroatoms. The zero-order valence-electron chi connectivity index (χ0n) is 12.7. The lowest BCUT2D eigenvalue weighted by Gasteiger charge is -2.02. The van der Waals surface area contributed by atoms with Gasteiger partial charge in [-0.05, 0) is 42.5 Å². The maximum Gasteiger partial charge on any atom is 0.216 e. The molecular formula is C17H11BrFN5S. The van der Waals surface area contributed by atoms with Gasteiger partial charge in [-0.3, -0.25) is 0 Å². The van der Waals surface area contributed by atoms with Crippen molar-refractivity contribution < 1.29 is 4.39 Å². The van der Waals surface area contributed by atoms with Gasteiger partial charge in [0.2, 0.25) is 4.77 Å². The van der Waals surface area contributed by atoms with Crippen LogP contribution in [0.15, 0.2) is 58.2 Å². The fourth-order valence-corrected chi connectivity index (χ4v) is 3.10. The Balaban J connectivity index is 1.80. The molecule has 0 saturated heterocycles. The Morgan fingerprint density at radius 2 is 2.08 bits per heavy atom. The SMILES string of the molecule is Fc1ccccc1-c1n[nH]c(=S)n1N=Cc1c[nH]c2ccc(Br)cc12. The molecule has 0 aliphatic carbocycles. The summed E-state index contributed by atoms with van der Waals surface area (Å²) in [5.74, 6) is -0.0654. The van der Waals surface area contributed by atoms with Crippen molar-refractivity contribution in [2.24, 2.45) is 5.10 Å². The van der Waals surface area contributed by atoms with E-state index in [9.17, 15) is 4.39 Å². The number of nitrogens with zero attached hydrogens (tertiary/aromatic N) is 3. The summed E-state index contributed by atoms with van der Waals surface area (Å²) < 4.78 is 16.7.